The maximum Gasteiger partial charge on any atom is 0.221 e. The van der Waals surface area contributed by atoms with E-state index in [2.05, 4.69) is 10.3 Å². The van der Waals surface area contributed by atoms with Crippen molar-refractivity contribution in [3.05, 3.63) is 77.9 Å². The molecule has 0 saturated heterocycles. The second-order valence-electron chi connectivity index (χ2n) is 6.48. The van der Waals surface area contributed by atoms with Gasteiger partial charge in [-0.05, 0) is 35.7 Å². The molecule has 0 aliphatic heterocycles. The Balaban J connectivity index is 1.75. The third-order valence-corrected chi connectivity index (χ3v) is 4.69. The van der Waals surface area contributed by atoms with E-state index >= 15 is 0 Å². The minimum absolute atomic E-state index is 0.0466. The second-order valence-corrected chi connectivity index (χ2v) is 6.48. The maximum absolute atomic E-state index is 12.7. The van der Waals surface area contributed by atoms with Crippen LogP contribution in [0.5, 0.6) is 11.5 Å². The molecule has 6 heteroatoms. The molecule has 0 aliphatic rings. The summed E-state index contributed by atoms with van der Waals surface area (Å²) in [7, 11) is 5.18. The summed E-state index contributed by atoms with van der Waals surface area (Å²) in [5.74, 6) is 2.29. The van der Waals surface area contributed by atoms with Crippen LogP contribution in [0.25, 0.3) is 0 Å². The molecule has 3 aromatic rings. The number of benzene rings is 2. The van der Waals surface area contributed by atoms with Crippen LogP contribution in [-0.4, -0.2) is 29.7 Å². The minimum atomic E-state index is -0.337. The third kappa shape index (κ3) is 4.52. The molecule has 0 fully saturated rings. The predicted molar refractivity (Wildman–Crippen MR) is 108 cm³/mol. The summed E-state index contributed by atoms with van der Waals surface area (Å²) in [6.07, 6.45) is 4.56. The summed E-state index contributed by atoms with van der Waals surface area (Å²) >= 11 is 0. The first-order chi connectivity index (χ1) is 13.6. The molecule has 1 N–H and O–H groups in total. The Morgan fingerprint density at radius 3 is 2.50 bits per heavy atom. The number of hydrogen-bond acceptors (Lipinski definition) is 4. The Labute approximate surface area is 165 Å². The van der Waals surface area contributed by atoms with Crippen molar-refractivity contribution in [2.75, 3.05) is 14.2 Å². The van der Waals surface area contributed by atoms with Gasteiger partial charge in [0.2, 0.25) is 5.91 Å². The van der Waals surface area contributed by atoms with E-state index in [0.29, 0.717) is 12.8 Å². The maximum atomic E-state index is 12.7. The molecule has 0 radical (unpaired) electrons. The van der Waals surface area contributed by atoms with Crippen molar-refractivity contribution in [2.24, 2.45) is 7.05 Å². The first kappa shape index (κ1) is 19.5. The summed E-state index contributed by atoms with van der Waals surface area (Å²) in [6, 6.07) is 15.1. The molecule has 0 unspecified atom stereocenters. The van der Waals surface area contributed by atoms with Gasteiger partial charge >= 0.3 is 0 Å². The molecule has 6 nitrogen and oxygen atoms in total. The fraction of sp³-hybridized carbons (Fsp3) is 0.273. The number of aryl methyl sites for hydroxylation is 2. The average Bonchev–Trinajstić information content (AvgIpc) is 3.16. The Morgan fingerprint density at radius 1 is 1.11 bits per heavy atom. The summed E-state index contributed by atoms with van der Waals surface area (Å²) in [4.78, 5) is 17.1. The number of amides is 1. The summed E-state index contributed by atoms with van der Waals surface area (Å²) in [5, 5.41) is 3.12. The zero-order chi connectivity index (χ0) is 19.9. The SMILES string of the molecule is COc1ccc([C@@H](NC(=O)CCc2ccccc2OC)c2nccn2C)cc1. The number of carbonyl (C=O) groups excluding carboxylic acids is 1. The van der Waals surface area contributed by atoms with Crippen molar-refractivity contribution >= 4 is 5.91 Å². The van der Waals surface area contributed by atoms with Crippen molar-refractivity contribution in [3.8, 4) is 11.5 Å². The predicted octanol–water partition coefficient (Wildman–Crippen LogP) is 3.28. The van der Waals surface area contributed by atoms with Gasteiger partial charge in [-0.2, -0.15) is 0 Å². The Bertz CT molecular complexity index is 919. The van der Waals surface area contributed by atoms with Gasteiger partial charge in [0.05, 0.1) is 14.2 Å². The number of aromatic nitrogens is 2. The van der Waals surface area contributed by atoms with E-state index in [9.17, 15) is 4.79 Å². The molecule has 146 valence electrons. The van der Waals surface area contributed by atoms with Gasteiger partial charge in [0.25, 0.3) is 0 Å². The van der Waals surface area contributed by atoms with E-state index in [1.165, 1.54) is 0 Å². The smallest absolute Gasteiger partial charge is 0.221 e. The molecule has 1 amide bonds. The lowest BCUT2D eigenvalue weighted by molar-refractivity contribution is -0.121. The van der Waals surface area contributed by atoms with Crippen molar-refractivity contribution in [2.45, 2.75) is 18.9 Å². The van der Waals surface area contributed by atoms with E-state index in [1.807, 2.05) is 66.3 Å². The van der Waals surface area contributed by atoms with Crippen LogP contribution in [0, 0.1) is 0 Å². The minimum Gasteiger partial charge on any atom is -0.497 e. The Kier molecular flexibility index (Phi) is 6.32. The van der Waals surface area contributed by atoms with Gasteiger partial charge in [-0.3, -0.25) is 4.79 Å². The van der Waals surface area contributed by atoms with Crippen molar-refractivity contribution in [1.29, 1.82) is 0 Å². The Morgan fingerprint density at radius 2 is 1.86 bits per heavy atom. The highest BCUT2D eigenvalue weighted by Crippen LogP contribution is 2.24. The van der Waals surface area contributed by atoms with Crippen molar-refractivity contribution in [1.82, 2.24) is 14.9 Å². The fourth-order valence-electron chi connectivity index (χ4n) is 3.14. The van der Waals surface area contributed by atoms with Crippen LogP contribution < -0.4 is 14.8 Å². The molecular weight excluding hydrogens is 354 g/mol. The molecule has 0 saturated carbocycles. The topological polar surface area (TPSA) is 65.4 Å². The molecule has 0 spiro atoms. The summed E-state index contributed by atoms with van der Waals surface area (Å²) in [6.45, 7) is 0. The standard InChI is InChI=1S/C22H25N3O3/c1-25-15-14-23-22(25)21(17-8-11-18(27-2)12-9-17)24-20(26)13-10-16-6-4-5-7-19(16)28-3/h4-9,11-12,14-15,21H,10,13H2,1-3H3,(H,24,26)/t21-/m1/s1. The van der Waals surface area contributed by atoms with E-state index < -0.39 is 0 Å². The van der Waals surface area contributed by atoms with Crippen LogP contribution in [0.3, 0.4) is 0 Å². The number of rotatable bonds is 8. The molecule has 1 aromatic heterocycles. The number of nitrogens with one attached hydrogen (secondary N) is 1. The van der Waals surface area contributed by atoms with Gasteiger partial charge in [0.15, 0.2) is 0 Å². The first-order valence-corrected chi connectivity index (χ1v) is 9.14. The number of para-hydroxylation sites is 1. The Hall–Kier alpha value is -3.28. The highest BCUT2D eigenvalue weighted by atomic mass is 16.5. The van der Waals surface area contributed by atoms with E-state index in [4.69, 9.17) is 9.47 Å². The number of ether oxygens (including phenoxy) is 2. The normalized spacial score (nSPS) is 11.7. The lowest BCUT2D eigenvalue weighted by Crippen LogP contribution is -2.31. The number of nitrogens with zero attached hydrogens (tertiary/aromatic N) is 2. The lowest BCUT2D eigenvalue weighted by atomic mass is 10.0. The summed E-state index contributed by atoms with van der Waals surface area (Å²) in [5.41, 5.74) is 1.96. The second kappa shape index (κ2) is 9.08. The quantitative estimate of drug-likeness (QED) is 0.652. The number of hydrogen-bond donors (Lipinski definition) is 1. The lowest BCUT2D eigenvalue weighted by Gasteiger charge is -2.19. The largest absolute Gasteiger partial charge is 0.497 e. The van der Waals surface area contributed by atoms with Gasteiger partial charge in [-0.1, -0.05) is 30.3 Å². The van der Waals surface area contributed by atoms with Crippen LogP contribution in [-0.2, 0) is 18.3 Å². The van der Waals surface area contributed by atoms with Gasteiger partial charge in [0.1, 0.15) is 23.4 Å². The molecule has 28 heavy (non-hydrogen) atoms. The number of carbonyl (C=O) groups is 1. The monoisotopic (exact) mass is 379 g/mol. The van der Waals surface area contributed by atoms with Gasteiger partial charge < -0.3 is 19.4 Å². The van der Waals surface area contributed by atoms with E-state index in [0.717, 1.165) is 28.5 Å². The van der Waals surface area contributed by atoms with Crippen LogP contribution in [0.15, 0.2) is 60.9 Å². The van der Waals surface area contributed by atoms with Crippen LogP contribution >= 0.6 is 0 Å². The number of methoxy groups -OCH3 is 2. The van der Waals surface area contributed by atoms with Crippen molar-refractivity contribution < 1.29 is 14.3 Å². The zero-order valence-electron chi connectivity index (χ0n) is 16.4. The molecular formula is C22H25N3O3. The van der Waals surface area contributed by atoms with Crippen LogP contribution in [0.4, 0.5) is 0 Å². The zero-order valence-corrected chi connectivity index (χ0v) is 16.4. The van der Waals surface area contributed by atoms with Gasteiger partial charge in [0, 0.05) is 25.9 Å². The molecule has 1 atom stereocenters. The number of imidazole rings is 1. The highest BCUT2D eigenvalue weighted by Gasteiger charge is 2.21. The molecule has 2 aromatic carbocycles. The fourth-order valence-corrected chi connectivity index (χ4v) is 3.14. The van der Waals surface area contributed by atoms with E-state index in [1.54, 1.807) is 20.4 Å². The van der Waals surface area contributed by atoms with Gasteiger partial charge in [-0.15, -0.1) is 0 Å². The first-order valence-electron chi connectivity index (χ1n) is 9.14. The van der Waals surface area contributed by atoms with Crippen LogP contribution in [0.1, 0.15) is 29.4 Å². The molecule has 0 bridgehead atoms. The van der Waals surface area contributed by atoms with E-state index in [-0.39, 0.29) is 11.9 Å². The molecule has 3 rings (SSSR count). The van der Waals surface area contributed by atoms with Crippen LogP contribution in [0.2, 0.25) is 0 Å². The average molecular weight is 379 g/mol. The molecule has 0 aliphatic carbocycles. The van der Waals surface area contributed by atoms with Crippen molar-refractivity contribution in [3.63, 3.8) is 0 Å². The highest BCUT2D eigenvalue weighted by molar-refractivity contribution is 5.77. The molecule has 1 heterocycles. The third-order valence-electron chi connectivity index (χ3n) is 4.69. The summed E-state index contributed by atoms with van der Waals surface area (Å²) < 4.78 is 12.5. The van der Waals surface area contributed by atoms with Gasteiger partial charge in [-0.25, -0.2) is 4.98 Å².